The second-order valence-corrected chi connectivity index (χ2v) is 3.50. The number of hydrogen-bond donors (Lipinski definition) is 2. The highest BCUT2D eigenvalue weighted by Crippen LogP contribution is 2.39. The van der Waals surface area contributed by atoms with Crippen molar-refractivity contribution in [3.05, 3.63) is 0 Å². The van der Waals surface area contributed by atoms with Gasteiger partial charge in [-0.15, -0.1) is 0 Å². The number of hydrogen-bond acceptors (Lipinski definition) is 4. The van der Waals surface area contributed by atoms with Crippen molar-refractivity contribution in [2.75, 3.05) is 6.61 Å². The lowest BCUT2D eigenvalue weighted by Crippen LogP contribution is -2.39. The van der Waals surface area contributed by atoms with Crippen molar-refractivity contribution in [3.8, 4) is 0 Å². The fourth-order valence-electron chi connectivity index (χ4n) is 1.76. The summed E-state index contributed by atoms with van der Waals surface area (Å²) in [6, 6.07) is 0. The minimum Gasteiger partial charge on any atom is -0.480 e. The fraction of sp³-hybridized carbons (Fsp3) is 0.778. The van der Waals surface area contributed by atoms with Crippen LogP contribution in [0.4, 0.5) is 0 Å². The summed E-state index contributed by atoms with van der Waals surface area (Å²) < 4.78 is 4.71. The first-order chi connectivity index (χ1) is 6.53. The molecule has 1 aliphatic carbocycles. The number of aliphatic carboxylic acids is 1. The number of carboxylic acids is 1. The number of aliphatic hydroxyl groups is 1. The summed E-state index contributed by atoms with van der Waals surface area (Å²) in [5.74, 6) is -1.93. The molecule has 1 fully saturated rings. The Labute approximate surface area is 81.7 Å². The molecule has 0 heterocycles. The molecule has 0 radical (unpaired) electrons. The Morgan fingerprint density at radius 3 is 2.57 bits per heavy atom. The van der Waals surface area contributed by atoms with Crippen LogP contribution in [0, 0.1) is 5.41 Å². The Morgan fingerprint density at radius 2 is 2.21 bits per heavy atom. The molecule has 0 aromatic heterocycles. The minimum absolute atomic E-state index is 0.0405. The Morgan fingerprint density at radius 1 is 1.57 bits per heavy atom. The maximum absolute atomic E-state index is 11.4. The Hall–Kier alpha value is -1.10. The molecule has 5 nitrogen and oxygen atoms in total. The van der Waals surface area contributed by atoms with Gasteiger partial charge in [0, 0.05) is 6.42 Å². The highest BCUT2D eigenvalue weighted by atomic mass is 16.5. The highest BCUT2D eigenvalue weighted by Gasteiger charge is 2.52. The number of esters is 1. The average Bonchev–Trinajstić information content (AvgIpc) is 2.49. The summed E-state index contributed by atoms with van der Waals surface area (Å²) >= 11 is 0. The summed E-state index contributed by atoms with van der Waals surface area (Å²) in [5.41, 5.74) is -1.52. The van der Waals surface area contributed by atoms with Crippen molar-refractivity contribution in [1.29, 1.82) is 0 Å². The molecule has 0 amide bonds. The maximum Gasteiger partial charge on any atom is 0.323 e. The van der Waals surface area contributed by atoms with Crippen LogP contribution in [0.3, 0.4) is 0 Å². The van der Waals surface area contributed by atoms with Gasteiger partial charge in [-0.3, -0.25) is 9.59 Å². The largest absolute Gasteiger partial charge is 0.480 e. The van der Waals surface area contributed by atoms with Crippen molar-refractivity contribution in [3.63, 3.8) is 0 Å². The molecule has 0 spiro atoms. The van der Waals surface area contributed by atoms with E-state index in [4.69, 9.17) is 9.84 Å². The zero-order valence-electron chi connectivity index (χ0n) is 8.02. The van der Waals surface area contributed by atoms with Gasteiger partial charge in [0.05, 0.1) is 12.7 Å². The first-order valence-electron chi connectivity index (χ1n) is 4.61. The summed E-state index contributed by atoms with van der Waals surface area (Å²) in [4.78, 5) is 22.4. The molecule has 0 saturated heterocycles. The van der Waals surface area contributed by atoms with Crippen LogP contribution in [0.5, 0.6) is 0 Å². The first-order valence-corrected chi connectivity index (χ1v) is 4.61. The number of carbonyl (C=O) groups is 2. The Bertz CT molecular complexity index is 250. The third-order valence-electron chi connectivity index (χ3n) is 2.56. The Kier molecular flexibility index (Phi) is 3.10. The zero-order chi connectivity index (χ0) is 10.8. The zero-order valence-corrected chi connectivity index (χ0v) is 8.02. The normalized spacial score (nSPS) is 31.4. The molecule has 2 N–H and O–H groups in total. The van der Waals surface area contributed by atoms with Gasteiger partial charge in [-0.2, -0.15) is 0 Å². The second-order valence-electron chi connectivity index (χ2n) is 3.50. The topological polar surface area (TPSA) is 83.8 Å². The van der Waals surface area contributed by atoms with Crippen molar-refractivity contribution in [2.45, 2.75) is 32.3 Å². The molecule has 5 heteroatoms. The second kappa shape index (κ2) is 3.96. The lowest BCUT2D eigenvalue weighted by molar-refractivity contribution is -0.168. The molecular formula is C9H14O5. The van der Waals surface area contributed by atoms with E-state index < -0.39 is 23.5 Å². The van der Waals surface area contributed by atoms with Gasteiger partial charge >= 0.3 is 11.9 Å². The summed E-state index contributed by atoms with van der Waals surface area (Å²) in [6.07, 6.45) is -0.260. The molecule has 1 aliphatic rings. The van der Waals surface area contributed by atoms with Crippen LogP contribution in [-0.2, 0) is 14.3 Å². The van der Waals surface area contributed by atoms with Gasteiger partial charge in [-0.05, 0) is 19.8 Å². The number of aliphatic hydroxyl groups excluding tert-OH is 1. The van der Waals surface area contributed by atoms with E-state index in [1.807, 2.05) is 0 Å². The Balaban J connectivity index is 2.83. The number of carboxylic acid groups (broad SMARTS) is 1. The van der Waals surface area contributed by atoms with Crippen molar-refractivity contribution < 1.29 is 24.5 Å². The standard InChI is InChI=1S/C9H14O5/c1-2-14-8(13)9(7(11)12)4-3-6(10)5-9/h6,10H,2-5H2,1H3,(H,11,12). The van der Waals surface area contributed by atoms with E-state index in [2.05, 4.69) is 0 Å². The third-order valence-corrected chi connectivity index (χ3v) is 2.56. The van der Waals surface area contributed by atoms with E-state index in [1.54, 1.807) is 6.92 Å². The van der Waals surface area contributed by atoms with E-state index >= 15 is 0 Å². The number of rotatable bonds is 3. The summed E-state index contributed by atoms with van der Waals surface area (Å²) in [7, 11) is 0. The fourth-order valence-corrected chi connectivity index (χ4v) is 1.76. The van der Waals surface area contributed by atoms with Crippen LogP contribution in [0.25, 0.3) is 0 Å². The predicted octanol–water partition coefficient (Wildman–Crippen LogP) is 0.165. The van der Waals surface area contributed by atoms with Crippen molar-refractivity contribution >= 4 is 11.9 Å². The summed E-state index contributed by atoms with van der Waals surface area (Å²) in [5, 5.41) is 18.2. The van der Waals surface area contributed by atoms with Gasteiger partial charge < -0.3 is 14.9 Å². The number of carbonyl (C=O) groups excluding carboxylic acids is 1. The molecule has 1 saturated carbocycles. The lowest BCUT2D eigenvalue weighted by Gasteiger charge is -2.20. The molecule has 0 aromatic rings. The van der Waals surface area contributed by atoms with Gasteiger partial charge in [0.15, 0.2) is 5.41 Å². The quantitative estimate of drug-likeness (QED) is 0.503. The molecule has 1 rings (SSSR count). The molecule has 14 heavy (non-hydrogen) atoms. The molecule has 2 atom stereocenters. The van der Waals surface area contributed by atoms with E-state index in [0.29, 0.717) is 6.42 Å². The maximum atomic E-state index is 11.4. The van der Waals surface area contributed by atoms with E-state index in [1.165, 1.54) is 0 Å². The molecule has 0 aliphatic heterocycles. The average molecular weight is 202 g/mol. The summed E-state index contributed by atoms with van der Waals surface area (Å²) in [6.45, 7) is 1.78. The lowest BCUT2D eigenvalue weighted by atomic mass is 9.86. The van der Waals surface area contributed by atoms with E-state index in [0.717, 1.165) is 0 Å². The number of ether oxygens (including phenoxy) is 1. The smallest absolute Gasteiger partial charge is 0.323 e. The van der Waals surface area contributed by atoms with Crippen molar-refractivity contribution in [2.24, 2.45) is 5.41 Å². The molecule has 2 unspecified atom stereocenters. The van der Waals surface area contributed by atoms with Crippen LogP contribution in [0.2, 0.25) is 0 Å². The molecule has 80 valence electrons. The van der Waals surface area contributed by atoms with Crippen LogP contribution < -0.4 is 0 Å². The SMILES string of the molecule is CCOC(=O)C1(C(=O)O)CCC(O)C1. The van der Waals surface area contributed by atoms with Crippen molar-refractivity contribution in [1.82, 2.24) is 0 Å². The van der Waals surface area contributed by atoms with Crippen LogP contribution in [0.1, 0.15) is 26.2 Å². The highest BCUT2D eigenvalue weighted by molar-refractivity contribution is 5.99. The predicted molar refractivity (Wildman–Crippen MR) is 46.6 cm³/mol. The first kappa shape index (κ1) is 11.0. The van der Waals surface area contributed by atoms with Gasteiger partial charge in [0.2, 0.25) is 0 Å². The van der Waals surface area contributed by atoms with Gasteiger partial charge in [-0.1, -0.05) is 0 Å². The molecule has 0 bridgehead atoms. The van der Waals surface area contributed by atoms with Crippen LogP contribution in [0.15, 0.2) is 0 Å². The third kappa shape index (κ3) is 1.72. The van der Waals surface area contributed by atoms with Gasteiger partial charge in [-0.25, -0.2) is 0 Å². The monoisotopic (exact) mass is 202 g/mol. The van der Waals surface area contributed by atoms with Crippen LogP contribution in [-0.4, -0.2) is 34.9 Å². The van der Waals surface area contributed by atoms with E-state index in [-0.39, 0.29) is 19.4 Å². The molecule has 0 aromatic carbocycles. The van der Waals surface area contributed by atoms with Crippen LogP contribution >= 0.6 is 0 Å². The minimum atomic E-state index is -1.52. The molecular weight excluding hydrogens is 188 g/mol. The van der Waals surface area contributed by atoms with Gasteiger partial charge in [0.1, 0.15) is 0 Å². The van der Waals surface area contributed by atoms with E-state index in [9.17, 15) is 14.7 Å². The van der Waals surface area contributed by atoms with Gasteiger partial charge in [0.25, 0.3) is 0 Å².